The van der Waals surface area contributed by atoms with Crippen LogP contribution in [0, 0.1) is 13.8 Å². The molecule has 2 aliphatic heterocycles. The molecule has 10 nitrogen and oxygen atoms in total. The average Bonchev–Trinajstić information content (AvgIpc) is 3.73. The van der Waals surface area contributed by atoms with Crippen LogP contribution in [0.3, 0.4) is 0 Å². The molecule has 6 rings (SSSR count). The third-order valence-electron chi connectivity index (χ3n) is 7.61. The van der Waals surface area contributed by atoms with Crippen LogP contribution in [0.25, 0.3) is 0 Å². The number of nitrogens with zero attached hydrogens (tertiary/aromatic N) is 4. The van der Waals surface area contributed by atoms with Gasteiger partial charge in [-0.2, -0.15) is 4.31 Å². The first kappa shape index (κ1) is 24.1. The average molecular weight is 535 g/mol. The van der Waals surface area contributed by atoms with Crippen LogP contribution in [0.2, 0.25) is 0 Å². The number of ether oxygens (including phenoxy) is 2. The fourth-order valence-electron chi connectivity index (χ4n) is 5.38. The number of rotatable bonds is 8. The smallest absolute Gasteiger partial charge is 0.229 e. The third-order valence-corrected chi connectivity index (χ3v) is 12.3. The standard InChI is InChI=1S/C24H30N4O6S2/c1-14-23(33-18-11-16-3-4-17(12-18)28(16)36(31,32)20-7-8-20)25-13-26-24(14)34-21-9-10-22(27-15(21)2)35(29,30)19-5-6-19/h9-10,13,16-20H,3-8,11-12H2,1-2H3/t16-,17?,18+/m0/s1. The van der Waals surface area contributed by atoms with Crippen LogP contribution in [-0.4, -0.2) is 64.8 Å². The number of piperidine rings is 1. The lowest BCUT2D eigenvalue weighted by atomic mass is 10.0. The summed E-state index contributed by atoms with van der Waals surface area (Å²) in [7, 11) is -6.58. The van der Waals surface area contributed by atoms with E-state index < -0.39 is 19.9 Å². The van der Waals surface area contributed by atoms with E-state index in [0.29, 0.717) is 54.5 Å². The summed E-state index contributed by atoms with van der Waals surface area (Å²) in [5, 5.41) is -0.443. The minimum absolute atomic E-state index is 0.0172. The molecule has 0 aromatic carbocycles. The van der Waals surface area contributed by atoms with Gasteiger partial charge in [-0.1, -0.05) is 0 Å². The van der Waals surface area contributed by atoms with E-state index in [1.54, 1.807) is 24.2 Å². The maximum Gasteiger partial charge on any atom is 0.229 e. The molecule has 1 unspecified atom stereocenters. The summed E-state index contributed by atoms with van der Waals surface area (Å²) in [5.41, 5.74) is 1.07. The highest BCUT2D eigenvalue weighted by atomic mass is 32.2. The first-order valence-corrected chi connectivity index (χ1v) is 15.6. The van der Waals surface area contributed by atoms with E-state index in [1.165, 1.54) is 12.4 Å². The van der Waals surface area contributed by atoms with E-state index in [9.17, 15) is 16.8 Å². The van der Waals surface area contributed by atoms with Gasteiger partial charge in [0, 0.05) is 24.9 Å². The Morgan fingerprint density at radius 3 is 2.11 bits per heavy atom. The monoisotopic (exact) mass is 534 g/mol. The quantitative estimate of drug-likeness (QED) is 0.502. The molecule has 0 radical (unpaired) electrons. The molecule has 0 amide bonds. The lowest BCUT2D eigenvalue weighted by Gasteiger charge is -2.37. The van der Waals surface area contributed by atoms with Crippen molar-refractivity contribution in [1.82, 2.24) is 19.3 Å². The lowest BCUT2D eigenvalue weighted by molar-refractivity contribution is 0.0906. The van der Waals surface area contributed by atoms with Crippen molar-refractivity contribution in [3.8, 4) is 17.5 Å². The number of fused-ring (bicyclic) bond motifs is 2. The zero-order chi connectivity index (χ0) is 25.2. The van der Waals surface area contributed by atoms with Crippen molar-refractivity contribution in [3.05, 3.63) is 29.7 Å². The maximum atomic E-state index is 12.9. The van der Waals surface area contributed by atoms with Gasteiger partial charge in [0.05, 0.1) is 21.8 Å². The van der Waals surface area contributed by atoms with Crippen molar-refractivity contribution in [1.29, 1.82) is 0 Å². The Labute approximate surface area is 211 Å². The highest BCUT2D eigenvalue weighted by Gasteiger charge is 2.52. The van der Waals surface area contributed by atoms with Crippen LogP contribution >= 0.6 is 0 Å². The van der Waals surface area contributed by atoms with Gasteiger partial charge in [-0.3, -0.25) is 0 Å². The van der Waals surface area contributed by atoms with E-state index in [0.717, 1.165) is 25.7 Å². The largest absolute Gasteiger partial charge is 0.474 e. The van der Waals surface area contributed by atoms with E-state index in [2.05, 4.69) is 15.0 Å². The second-order valence-electron chi connectivity index (χ2n) is 10.4. The Morgan fingerprint density at radius 2 is 1.50 bits per heavy atom. The highest BCUT2D eigenvalue weighted by Crippen LogP contribution is 2.44. The number of aromatic nitrogens is 3. The summed E-state index contributed by atoms with van der Waals surface area (Å²) in [5.74, 6) is 1.12. The molecule has 4 fully saturated rings. The Kier molecular flexibility index (Phi) is 5.76. The fraction of sp³-hybridized carbons (Fsp3) is 0.625. The van der Waals surface area contributed by atoms with Crippen molar-refractivity contribution in [3.63, 3.8) is 0 Å². The molecule has 194 valence electrons. The molecule has 2 aliphatic carbocycles. The number of aryl methyl sites for hydroxylation is 1. The molecule has 2 saturated carbocycles. The van der Waals surface area contributed by atoms with Gasteiger partial charge in [0.25, 0.3) is 0 Å². The van der Waals surface area contributed by atoms with E-state index in [4.69, 9.17) is 9.47 Å². The SMILES string of the molecule is Cc1nc(S(=O)(=O)C2CC2)ccc1Oc1ncnc(O[C@H]2CC3CC[C@@H](C2)N3S(=O)(=O)C2CC2)c1C. The van der Waals surface area contributed by atoms with Crippen LogP contribution in [0.5, 0.6) is 17.5 Å². The molecular weight excluding hydrogens is 504 g/mol. The molecule has 2 aromatic rings. The van der Waals surface area contributed by atoms with Gasteiger partial charge in [-0.25, -0.2) is 31.8 Å². The van der Waals surface area contributed by atoms with Gasteiger partial charge in [0.15, 0.2) is 20.6 Å². The van der Waals surface area contributed by atoms with Crippen LogP contribution in [0.1, 0.15) is 62.6 Å². The molecule has 3 atom stereocenters. The van der Waals surface area contributed by atoms with Gasteiger partial charge in [0.2, 0.25) is 21.8 Å². The first-order chi connectivity index (χ1) is 17.1. The van der Waals surface area contributed by atoms with Crippen molar-refractivity contribution in [2.75, 3.05) is 0 Å². The maximum absolute atomic E-state index is 12.9. The Bertz CT molecular complexity index is 1390. The molecule has 0 N–H and O–H groups in total. The Morgan fingerprint density at radius 1 is 0.861 bits per heavy atom. The van der Waals surface area contributed by atoms with E-state index in [1.807, 2.05) is 0 Å². The first-order valence-electron chi connectivity index (χ1n) is 12.5. The summed E-state index contributed by atoms with van der Waals surface area (Å²) in [6.07, 6.45) is 7.16. The van der Waals surface area contributed by atoms with Crippen molar-refractivity contribution >= 4 is 19.9 Å². The lowest BCUT2D eigenvalue weighted by Crippen LogP contribution is -2.50. The van der Waals surface area contributed by atoms with Crippen molar-refractivity contribution in [2.45, 2.75) is 98.9 Å². The normalized spacial score (nSPS) is 26.7. The molecule has 2 aromatic heterocycles. The molecule has 0 spiro atoms. The molecule has 4 aliphatic rings. The summed E-state index contributed by atoms with van der Waals surface area (Å²) >= 11 is 0. The van der Waals surface area contributed by atoms with Gasteiger partial charge in [-0.15, -0.1) is 0 Å². The van der Waals surface area contributed by atoms with E-state index in [-0.39, 0.29) is 33.7 Å². The zero-order valence-corrected chi connectivity index (χ0v) is 22.0. The second-order valence-corrected chi connectivity index (χ2v) is 14.7. The summed E-state index contributed by atoms with van der Waals surface area (Å²) in [6, 6.07) is 3.05. The minimum Gasteiger partial charge on any atom is -0.474 e. The molecule has 36 heavy (non-hydrogen) atoms. The molecule has 2 bridgehead atoms. The number of pyridine rings is 1. The molecule has 4 heterocycles. The van der Waals surface area contributed by atoms with Crippen LogP contribution in [0.15, 0.2) is 23.5 Å². The zero-order valence-electron chi connectivity index (χ0n) is 20.3. The second kappa shape index (κ2) is 8.63. The van der Waals surface area contributed by atoms with Gasteiger partial charge >= 0.3 is 0 Å². The van der Waals surface area contributed by atoms with Crippen molar-refractivity contribution in [2.24, 2.45) is 0 Å². The van der Waals surface area contributed by atoms with Crippen LogP contribution < -0.4 is 9.47 Å². The fourth-order valence-corrected chi connectivity index (χ4v) is 9.29. The van der Waals surface area contributed by atoms with Crippen LogP contribution in [0.4, 0.5) is 0 Å². The predicted octanol–water partition coefficient (Wildman–Crippen LogP) is 3.08. The molecule has 12 heteroatoms. The summed E-state index contributed by atoms with van der Waals surface area (Å²) < 4.78 is 64.8. The number of sulfone groups is 1. The topological polar surface area (TPSA) is 129 Å². The molecular formula is C24H30N4O6S2. The third kappa shape index (κ3) is 4.26. The van der Waals surface area contributed by atoms with Gasteiger partial charge in [0.1, 0.15) is 12.4 Å². The Balaban J connectivity index is 1.16. The summed E-state index contributed by atoms with van der Waals surface area (Å²) in [6.45, 7) is 3.51. The molecule has 2 saturated heterocycles. The Hall–Kier alpha value is -2.31. The number of sulfonamides is 1. The predicted molar refractivity (Wildman–Crippen MR) is 130 cm³/mol. The summed E-state index contributed by atoms with van der Waals surface area (Å²) in [4.78, 5) is 12.8. The van der Waals surface area contributed by atoms with Crippen molar-refractivity contribution < 1.29 is 26.3 Å². The van der Waals surface area contributed by atoms with E-state index >= 15 is 0 Å². The number of hydrogen-bond acceptors (Lipinski definition) is 9. The minimum atomic E-state index is -3.38. The number of hydrogen-bond donors (Lipinski definition) is 0. The van der Waals surface area contributed by atoms with Gasteiger partial charge < -0.3 is 9.47 Å². The highest BCUT2D eigenvalue weighted by molar-refractivity contribution is 7.92. The van der Waals surface area contributed by atoms with Crippen LogP contribution in [-0.2, 0) is 19.9 Å². The van der Waals surface area contributed by atoms with Gasteiger partial charge in [-0.05, 0) is 64.5 Å².